The Labute approximate surface area is 143 Å². The Bertz CT molecular complexity index is 543. The number of halogens is 13. The van der Waals surface area contributed by atoms with Gasteiger partial charge in [0.15, 0.2) is 0 Å². The lowest BCUT2D eigenvalue weighted by molar-refractivity contribution is -0.436. The zero-order valence-corrected chi connectivity index (χ0v) is 13.1. The Hall–Kier alpha value is -1.37. The first-order chi connectivity index (χ1) is 11.8. The second-order valence-electron chi connectivity index (χ2n) is 5.83. The third-order valence-corrected chi connectivity index (χ3v) is 3.84. The number of nitrogens with zero attached hydrogens (tertiary/aromatic N) is 1. The number of alkyl halides is 13. The molecule has 1 nitrogen and oxygen atoms in total. The second-order valence-corrected chi connectivity index (χ2v) is 5.83. The number of rotatable bonds is 6. The van der Waals surface area contributed by atoms with Crippen LogP contribution in [0.15, 0.2) is 12.3 Å². The quantitative estimate of drug-likeness (QED) is 0.488. The average Bonchev–Trinajstić information content (AvgIpc) is 2.52. The van der Waals surface area contributed by atoms with Crippen LogP contribution in [0.1, 0.15) is 19.3 Å². The predicted molar refractivity (Wildman–Crippen MR) is 65.4 cm³/mol. The molecule has 27 heavy (non-hydrogen) atoms. The molecule has 0 aromatic carbocycles. The van der Waals surface area contributed by atoms with Crippen LogP contribution in [-0.2, 0) is 0 Å². The van der Waals surface area contributed by atoms with Crippen molar-refractivity contribution in [2.24, 2.45) is 0 Å². The first kappa shape index (κ1) is 23.7. The summed E-state index contributed by atoms with van der Waals surface area (Å²) in [7, 11) is 0. The fourth-order valence-electron chi connectivity index (χ4n) is 2.15. The highest BCUT2D eigenvalue weighted by Gasteiger charge is 2.90. The summed E-state index contributed by atoms with van der Waals surface area (Å²) in [5, 5.41) is 0. The van der Waals surface area contributed by atoms with Gasteiger partial charge in [-0.25, -0.2) is 0 Å². The molecule has 0 N–H and O–H groups in total. The SMILES string of the molecule is FC(F)(F)C(F)(F)C(F)(F)C(F)(F)C(F)(F)C(F)(F)/C=C/N1CCCCC1. The van der Waals surface area contributed by atoms with Gasteiger partial charge in [-0.1, -0.05) is 0 Å². The van der Waals surface area contributed by atoms with E-state index in [-0.39, 0.29) is 19.3 Å². The van der Waals surface area contributed by atoms with Gasteiger partial charge in [-0.15, -0.1) is 0 Å². The molecular weight excluding hydrogens is 417 g/mol. The molecule has 1 saturated heterocycles. The number of hydrogen-bond donors (Lipinski definition) is 0. The summed E-state index contributed by atoms with van der Waals surface area (Å²) in [6, 6.07) is 0. The van der Waals surface area contributed by atoms with E-state index in [1.807, 2.05) is 0 Å². The molecule has 0 radical (unpaired) electrons. The molecule has 0 aliphatic carbocycles. The van der Waals surface area contributed by atoms with Crippen LogP contribution in [-0.4, -0.2) is 53.8 Å². The van der Waals surface area contributed by atoms with Gasteiger partial charge in [0, 0.05) is 25.4 Å². The van der Waals surface area contributed by atoms with Crippen LogP contribution < -0.4 is 0 Å². The monoisotopic (exact) mass is 429 g/mol. The smallest absolute Gasteiger partial charge is 0.377 e. The minimum absolute atomic E-state index is 0.0385. The minimum Gasteiger partial charge on any atom is -0.377 e. The molecule has 0 aromatic rings. The van der Waals surface area contributed by atoms with Crippen molar-refractivity contribution in [3.05, 3.63) is 12.3 Å². The zero-order chi connectivity index (χ0) is 21.5. The summed E-state index contributed by atoms with van der Waals surface area (Å²) in [4.78, 5) is 0.952. The maximum atomic E-state index is 13.5. The Balaban J connectivity index is 3.26. The molecule has 1 aliphatic heterocycles. The molecule has 1 heterocycles. The molecule has 160 valence electrons. The summed E-state index contributed by atoms with van der Waals surface area (Å²) >= 11 is 0. The van der Waals surface area contributed by atoms with E-state index in [4.69, 9.17) is 0 Å². The number of hydrogen-bond acceptors (Lipinski definition) is 1. The Morgan fingerprint density at radius 3 is 1.33 bits per heavy atom. The highest BCUT2D eigenvalue weighted by atomic mass is 19.4. The third kappa shape index (κ3) is 3.80. The van der Waals surface area contributed by atoms with E-state index in [0.29, 0.717) is 19.3 Å². The highest BCUT2D eigenvalue weighted by Crippen LogP contribution is 2.60. The predicted octanol–water partition coefficient (Wildman–Crippen LogP) is 5.72. The molecule has 0 unspecified atom stereocenters. The lowest BCUT2D eigenvalue weighted by Gasteiger charge is -2.39. The van der Waals surface area contributed by atoms with Gasteiger partial charge in [-0.2, -0.15) is 57.1 Å². The zero-order valence-electron chi connectivity index (χ0n) is 13.1. The molecule has 0 amide bonds. The van der Waals surface area contributed by atoms with Crippen LogP contribution in [0.4, 0.5) is 57.1 Å². The molecule has 1 fully saturated rings. The number of piperidine rings is 1. The molecule has 0 bridgehead atoms. The fraction of sp³-hybridized carbons (Fsp3) is 0.846. The molecular formula is C13H12F13N. The summed E-state index contributed by atoms with van der Waals surface area (Å²) in [6.07, 6.45) is -6.66. The second kappa shape index (κ2) is 6.90. The van der Waals surface area contributed by atoms with Crippen molar-refractivity contribution in [2.75, 3.05) is 13.1 Å². The summed E-state index contributed by atoms with van der Waals surface area (Å²) < 4.78 is 167. The van der Waals surface area contributed by atoms with E-state index in [0.717, 1.165) is 4.90 Å². The van der Waals surface area contributed by atoms with Crippen molar-refractivity contribution in [2.45, 2.75) is 55.1 Å². The van der Waals surface area contributed by atoms with Gasteiger partial charge in [-0.3, -0.25) is 0 Å². The molecule has 0 atom stereocenters. The first-order valence-corrected chi connectivity index (χ1v) is 7.22. The van der Waals surface area contributed by atoms with Gasteiger partial charge < -0.3 is 4.90 Å². The molecule has 14 heteroatoms. The standard InChI is InChI=1S/C13H12F13N/c14-8(15,4-7-27-5-2-1-3-6-27)9(16,17)10(18,19)11(20,21)12(22,23)13(24,25)26/h4,7H,1-3,5-6H2/b7-4+. The van der Waals surface area contributed by atoms with Gasteiger partial charge in [0.25, 0.3) is 0 Å². The number of allylic oxidation sites excluding steroid dienone is 1. The Kier molecular flexibility index (Phi) is 6.05. The Morgan fingerprint density at radius 2 is 0.926 bits per heavy atom. The summed E-state index contributed by atoms with van der Waals surface area (Å²) in [5.74, 6) is -36.7. The van der Waals surface area contributed by atoms with E-state index in [1.54, 1.807) is 0 Å². The van der Waals surface area contributed by atoms with Crippen molar-refractivity contribution >= 4 is 0 Å². The molecule has 0 spiro atoms. The van der Waals surface area contributed by atoms with Gasteiger partial charge >= 0.3 is 35.8 Å². The van der Waals surface area contributed by atoms with Crippen LogP contribution in [0, 0.1) is 0 Å². The van der Waals surface area contributed by atoms with Crippen molar-refractivity contribution in [1.29, 1.82) is 0 Å². The van der Waals surface area contributed by atoms with E-state index in [1.165, 1.54) is 0 Å². The van der Waals surface area contributed by atoms with Crippen molar-refractivity contribution < 1.29 is 57.1 Å². The first-order valence-electron chi connectivity index (χ1n) is 7.22. The third-order valence-electron chi connectivity index (χ3n) is 3.84. The van der Waals surface area contributed by atoms with Gasteiger partial charge in [-0.05, 0) is 19.3 Å². The molecule has 1 aliphatic rings. The average molecular weight is 429 g/mol. The van der Waals surface area contributed by atoms with Gasteiger partial charge in [0.2, 0.25) is 0 Å². The minimum atomic E-state index is -7.86. The van der Waals surface area contributed by atoms with Gasteiger partial charge in [0.05, 0.1) is 0 Å². The van der Waals surface area contributed by atoms with Crippen LogP contribution in [0.3, 0.4) is 0 Å². The van der Waals surface area contributed by atoms with Gasteiger partial charge in [0.1, 0.15) is 0 Å². The van der Waals surface area contributed by atoms with E-state index < -0.39 is 41.9 Å². The van der Waals surface area contributed by atoms with Crippen LogP contribution in [0.2, 0.25) is 0 Å². The van der Waals surface area contributed by atoms with E-state index in [9.17, 15) is 57.1 Å². The largest absolute Gasteiger partial charge is 0.460 e. The molecule has 0 saturated carbocycles. The van der Waals surface area contributed by atoms with Crippen LogP contribution >= 0.6 is 0 Å². The maximum absolute atomic E-state index is 13.5. The highest BCUT2D eigenvalue weighted by molar-refractivity contribution is 5.15. The summed E-state index contributed by atoms with van der Waals surface area (Å²) in [5.41, 5.74) is 0. The van der Waals surface area contributed by atoms with Crippen molar-refractivity contribution in [3.63, 3.8) is 0 Å². The lowest BCUT2D eigenvalue weighted by atomic mass is 9.94. The van der Waals surface area contributed by atoms with E-state index in [2.05, 4.69) is 0 Å². The number of likely N-dealkylation sites (tertiary alicyclic amines) is 1. The van der Waals surface area contributed by atoms with Crippen LogP contribution in [0.25, 0.3) is 0 Å². The lowest BCUT2D eigenvalue weighted by Crippen LogP contribution is -2.69. The maximum Gasteiger partial charge on any atom is 0.460 e. The normalized spacial score (nSPS) is 19.1. The van der Waals surface area contributed by atoms with Crippen LogP contribution in [0.5, 0.6) is 0 Å². The Morgan fingerprint density at radius 1 is 0.519 bits per heavy atom. The van der Waals surface area contributed by atoms with E-state index >= 15 is 0 Å². The summed E-state index contributed by atoms with van der Waals surface area (Å²) in [6.45, 7) is 0.0771. The fourth-order valence-corrected chi connectivity index (χ4v) is 2.15. The molecule has 0 aromatic heterocycles. The topological polar surface area (TPSA) is 3.24 Å². The van der Waals surface area contributed by atoms with Crippen molar-refractivity contribution in [3.8, 4) is 0 Å². The molecule has 1 rings (SSSR count). The van der Waals surface area contributed by atoms with Crippen molar-refractivity contribution in [1.82, 2.24) is 4.90 Å².